The summed E-state index contributed by atoms with van der Waals surface area (Å²) in [6.45, 7) is 3.49. The molecule has 142 valence electrons. The van der Waals surface area contributed by atoms with Gasteiger partial charge in [0.15, 0.2) is 5.06 Å². The summed E-state index contributed by atoms with van der Waals surface area (Å²) in [5, 5.41) is 7.35. The van der Waals surface area contributed by atoms with E-state index in [4.69, 9.17) is 4.74 Å². The molecule has 0 radical (unpaired) electrons. The fourth-order valence-corrected chi connectivity index (χ4v) is 3.60. The Morgan fingerprint density at radius 3 is 2.52 bits per heavy atom. The lowest BCUT2D eigenvalue weighted by atomic mass is 10.2. The van der Waals surface area contributed by atoms with Crippen LogP contribution in [0.3, 0.4) is 0 Å². The maximum atomic E-state index is 12.4. The van der Waals surface area contributed by atoms with E-state index in [1.54, 1.807) is 57.0 Å². The Morgan fingerprint density at radius 1 is 1.22 bits per heavy atom. The van der Waals surface area contributed by atoms with E-state index in [-0.39, 0.29) is 11.6 Å². The number of ether oxygens (including phenoxy) is 1. The second-order valence-corrected chi connectivity index (χ2v) is 7.73. The third-order valence-corrected chi connectivity index (χ3v) is 5.64. The molecule has 0 bridgehead atoms. The van der Waals surface area contributed by atoms with Crippen LogP contribution in [0.4, 0.5) is 0 Å². The van der Waals surface area contributed by atoms with Gasteiger partial charge in [0, 0.05) is 11.1 Å². The molecule has 0 aliphatic carbocycles. The van der Waals surface area contributed by atoms with Gasteiger partial charge in [-0.1, -0.05) is 29.5 Å². The summed E-state index contributed by atoms with van der Waals surface area (Å²) in [5.74, 6) is -0.843. The molecule has 2 rings (SSSR count). The first-order valence-electron chi connectivity index (χ1n) is 8.05. The number of hydrazone groups is 1. The van der Waals surface area contributed by atoms with Gasteiger partial charge in [0.1, 0.15) is 5.70 Å². The normalized spacial score (nSPS) is 10.5. The number of carbonyl (C=O) groups excluding carboxylic acids is 2. The summed E-state index contributed by atoms with van der Waals surface area (Å²) in [6.07, 6.45) is 3.50. The number of amides is 2. The van der Waals surface area contributed by atoms with Gasteiger partial charge in [-0.3, -0.25) is 9.59 Å². The molecule has 0 aliphatic rings. The van der Waals surface area contributed by atoms with Crippen LogP contribution in [0.1, 0.15) is 29.8 Å². The molecule has 2 amide bonds. The molecule has 1 aromatic carbocycles. The lowest BCUT2D eigenvalue weighted by molar-refractivity contribution is -0.117. The van der Waals surface area contributed by atoms with E-state index in [0.717, 1.165) is 14.8 Å². The van der Waals surface area contributed by atoms with Gasteiger partial charge < -0.3 is 10.1 Å². The minimum Gasteiger partial charge on any atom is -0.487 e. The quantitative estimate of drug-likeness (QED) is 0.320. The topological polar surface area (TPSA) is 79.8 Å². The first-order chi connectivity index (χ1) is 13.0. The number of hydrogen-bond acceptors (Lipinski definition) is 6. The highest BCUT2D eigenvalue weighted by Crippen LogP contribution is 2.34. The molecule has 0 spiro atoms. The Morgan fingerprint density at radius 2 is 1.93 bits per heavy atom. The molecule has 27 heavy (non-hydrogen) atoms. The van der Waals surface area contributed by atoms with Crippen molar-refractivity contribution in [2.75, 3.05) is 13.4 Å². The van der Waals surface area contributed by atoms with E-state index in [0.29, 0.717) is 11.1 Å². The molecule has 0 unspecified atom stereocenters. The SMILES string of the molecule is COc1sc(SC)cc1/C=N/NC(=O)C(NC(=O)c1ccccc1)=C(C)C. The number of hydrogen-bond donors (Lipinski definition) is 2. The minimum atomic E-state index is -0.491. The zero-order valence-electron chi connectivity index (χ0n) is 15.5. The average Bonchev–Trinajstić information content (AvgIpc) is 3.08. The van der Waals surface area contributed by atoms with Crippen molar-refractivity contribution in [3.8, 4) is 5.06 Å². The first-order valence-corrected chi connectivity index (χ1v) is 10.1. The van der Waals surface area contributed by atoms with Crippen LogP contribution in [0, 0.1) is 0 Å². The molecule has 0 aliphatic heterocycles. The maximum absolute atomic E-state index is 12.4. The molecular weight excluding hydrogens is 382 g/mol. The maximum Gasteiger partial charge on any atom is 0.287 e. The lowest BCUT2D eigenvalue weighted by Gasteiger charge is -2.10. The smallest absolute Gasteiger partial charge is 0.287 e. The van der Waals surface area contributed by atoms with Crippen molar-refractivity contribution < 1.29 is 14.3 Å². The molecule has 0 fully saturated rings. The van der Waals surface area contributed by atoms with E-state index >= 15 is 0 Å². The van der Waals surface area contributed by atoms with Crippen LogP contribution >= 0.6 is 23.1 Å². The molecule has 0 saturated carbocycles. The fourth-order valence-electron chi connectivity index (χ4n) is 2.12. The third kappa shape index (κ3) is 5.70. The molecule has 1 heterocycles. The third-order valence-electron chi connectivity index (χ3n) is 3.46. The Balaban J connectivity index is 2.07. The van der Waals surface area contributed by atoms with Crippen molar-refractivity contribution >= 4 is 41.1 Å². The van der Waals surface area contributed by atoms with Crippen molar-refractivity contribution in [2.24, 2.45) is 5.10 Å². The predicted octanol–water partition coefficient (Wildman–Crippen LogP) is 3.65. The number of nitrogens with zero attached hydrogens (tertiary/aromatic N) is 1. The van der Waals surface area contributed by atoms with E-state index in [1.807, 2.05) is 18.4 Å². The highest BCUT2D eigenvalue weighted by atomic mass is 32.2. The van der Waals surface area contributed by atoms with Crippen LogP contribution in [-0.2, 0) is 4.79 Å². The zero-order valence-corrected chi connectivity index (χ0v) is 17.2. The number of benzene rings is 1. The largest absolute Gasteiger partial charge is 0.487 e. The van der Waals surface area contributed by atoms with Gasteiger partial charge >= 0.3 is 0 Å². The molecule has 6 nitrogen and oxygen atoms in total. The van der Waals surface area contributed by atoms with Crippen LogP contribution in [-0.4, -0.2) is 31.4 Å². The number of nitrogens with one attached hydrogen (secondary N) is 2. The van der Waals surface area contributed by atoms with Crippen LogP contribution in [0.25, 0.3) is 0 Å². The van der Waals surface area contributed by atoms with E-state index < -0.39 is 5.91 Å². The Hall–Kier alpha value is -2.58. The van der Waals surface area contributed by atoms with Gasteiger partial charge in [-0.05, 0) is 43.9 Å². The summed E-state index contributed by atoms with van der Waals surface area (Å²) >= 11 is 3.11. The van der Waals surface area contributed by atoms with Crippen molar-refractivity contribution in [2.45, 2.75) is 18.1 Å². The van der Waals surface area contributed by atoms with E-state index in [1.165, 1.54) is 17.6 Å². The number of allylic oxidation sites excluding steroid dienone is 1. The molecule has 8 heteroatoms. The number of carbonyl (C=O) groups is 2. The minimum absolute atomic E-state index is 0.170. The summed E-state index contributed by atoms with van der Waals surface area (Å²) in [7, 11) is 1.59. The summed E-state index contributed by atoms with van der Waals surface area (Å²) in [5.41, 5.74) is 4.54. The molecule has 1 aromatic heterocycles. The van der Waals surface area contributed by atoms with Crippen LogP contribution < -0.4 is 15.5 Å². The highest BCUT2D eigenvalue weighted by molar-refractivity contribution is 8.00. The summed E-state index contributed by atoms with van der Waals surface area (Å²) in [6, 6.07) is 10.6. The molecule has 2 aromatic rings. The van der Waals surface area contributed by atoms with Crippen LogP contribution in [0.5, 0.6) is 5.06 Å². The summed E-state index contributed by atoms with van der Waals surface area (Å²) in [4.78, 5) is 24.7. The monoisotopic (exact) mass is 403 g/mol. The van der Waals surface area contributed by atoms with Gasteiger partial charge in [-0.25, -0.2) is 5.43 Å². The Labute approximate surface area is 166 Å². The van der Waals surface area contributed by atoms with Crippen molar-refractivity contribution in [1.29, 1.82) is 0 Å². The average molecular weight is 404 g/mol. The molecule has 0 saturated heterocycles. The van der Waals surface area contributed by atoms with Gasteiger partial charge in [0.25, 0.3) is 11.8 Å². The molecular formula is C19H21N3O3S2. The van der Waals surface area contributed by atoms with Crippen LogP contribution in [0.15, 0.2) is 57.0 Å². The summed E-state index contributed by atoms with van der Waals surface area (Å²) < 4.78 is 6.39. The number of methoxy groups -OCH3 is 1. The molecule has 0 atom stereocenters. The zero-order chi connectivity index (χ0) is 19.8. The van der Waals surface area contributed by atoms with Crippen molar-refractivity contribution in [3.05, 3.63) is 58.8 Å². The fraction of sp³-hybridized carbons (Fsp3) is 0.211. The van der Waals surface area contributed by atoms with Gasteiger partial charge in [0.05, 0.1) is 17.5 Å². The first kappa shape index (κ1) is 20.7. The second kappa shape index (κ2) is 9.94. The van der Waals surface area contributed by atoms with Gasteiger partial charge in [0.2, 0.25) is 0 Å². The number of thioether (sulfide) groups is 1. The van der Waals surface area contributed by atoms with Crippen LogP contribution in [0.2, 0.25) is 0 Å². The van der Waals surface area contributed by atoms with E-state index in [2.05, 4.69) is 15.8 Å². The number of thiophene rings is 1. The van der Waals surface area contributed by atoms with E-state index in [9.17, 15) is 9.59 Å². The van der Waals surface area contributed by atoms with Crippen molar-refractivity contribution in [3.63, 3.8) is 0 Å². The van der Waals surface area contributed by atoms with Gasteiger partial charge in [-0.15, -0.1) is 11.8 Å². The number of rotatable bonds is 7. The standard InChI is InChI=1S/C19H21N3O3S2/c1-12(2)16(21-17(23)13-8-6-5-7-9-13)18(24)22-20-11-14-10-15(26-4)27-19(14)25-3/h5-11H,1-4H3,(H,21,23)(H,22,24)/b20-11+. The lowest BCUT2D eigenvalue weighted by Crippen LogP contribution is -2.33. The molecule has 2 N–H and O–H groups in total. The predicted molar refractivity (Wildman–Crippen MR) is 111 cm³/mol. The highest BCUT2D eigenvalue weighted by Gasteiger charge is 2.15. The van der Waals surface area contributed by atoms with Gasteiger partial charge in [-0.2, -0.15) is 5.10 Å². The van der Waals surface area contributed by atoms with Crippen molar-refractivity contribution in [1.82, 2.24) is 10.7 Å². The Bertz CT molecular complexity index is 870. The Kier molecular flexibility index (Phi) is 7.63. The second-order valence-electron chi connectivity index (χ2n) is 5.61.